The SMILES string of the molecule is O=C(NC1CCC(C(=O)O)C1)c1cc(F)c(F)cc1Cl. The molecule has 1 aliphatic rings. The summed E-state index contributed by atoms with van der Waals surface area (Å²) in [6.07, 6.45) is 1.33. The van der Waals surface area contributed by atoms with Crippen molar-refractivity contribution < 1.29 is 23.5 Å². The summed E-state index contributed by atoms with van der Waals surface area (Å²) in [5.41, 5.74) is -0.163. The molecule has 20 heavy (non-hydrogen) atoms. The van der Waals surface area contributed by atoms with E-state index in [1.807, 2.05) is 0 Å². The highest BCUT2D eigenvalue weighted by atomic mass is 35.5. The summed E-state index contributed by atoms with van der Waals surface area (Å²) in [7, 11) is 0. The first-order valence-corrected chi connectivity index (χ1v) is 6.44. The van der Waals surface area contributed by atoms with Gasteiger partial charge in [-0.3, -0.25) is 9.59 Å². The van der Waals surface area contributed by atoms with Crippen LogP contribution in [0.3, 0.4) is 0 Å². The van der Waals surface area contributed by atoms with E-state index in [1.54, 1.807) is 0 Å². The van der Waals surface area contributed by atoms with Crippen LogP contribution in [0.15, 0.2) is 12.1 Å². The molecule has 0 radical (unpaired) electrons. The van der Waals surface area contributed by atoms with Crippen LogP contribution in [0.25, 0.3) is 0 Å². The summed E-state index contributed by atoms with van der Waals surface area (Å²) in [5, 5.41) is 11.3. The highest BCUT2D eigenvalue weighted by molar-refractivity contribution is 6.33. The number of halogens is 3. The number of aliphatic carboxylic acids is 1. The molecule has 0 bridgehead atoms. The molecule has 4 nitrogen and oxygen atoms in total. The second-order valence-electron chi connectivity index (χ2n) is 4.76. The van der Waals surface area contributed by atoms with Crippen molar-refractivity contribution in [2.45, 2.75) is 25.3 Å². The fourth-order valence-corrected chi connectivity index (χ4v) is 2.53. The van der Waals surface area contributed by atoms with Gasteiger partial charge in [0.2, 0.25) is 0 Å². The zero-order valence-electron chi connectivity index (χ0n) is 10.3. The molecular weight excluding hydrogens is 292 g/mol. The van der Waals surface area contributed by atoms with E-state index in [2.05, 4.69) is 5.32 Å². The lowest BCUT2D eigenvalue weighted by Crippen LogP contribution is -2.33. The van der Waals surface area contributed by atoms with Crippen molar-refractivity contribution in [1.29, 1.82) is 0 Å². The van der Waals surface area contributed by atoms with Crippen molar-refractivity contribution in [2.75, 3.05) is 0 Å². The smallest absolute Gasteiger partial charge is 0.306 e. The molecule has 0 heterocycles. The Morgan fingerprint density at radius 3 is 2.50 bits per heavy atom. The van der Waals surface area contributed by atoms with Crippen LogP contribution in [0, 0.1) is 17.6 Å². The van der Waals surface area contributed by atoms with Crippen molar-refractivity contribution in [1.82, 2.24) is 5.32 Å². The van der Waals surface area contributed by atoms with Gasteiger partial charge in [0.05, 0.1) is 16.5 Å². The van der Waals surface area contributed by atoms with Gasteiger partial charge in [-0.15, -0.1) is 0 Å². The van der Waals surface area contributed by atoms with Gasteiger partial charge < -0.3 is 10.4 Å². The van der Waals surface area contributed by atoms with Crippen LogP contribution >= 0.6 is 11.6 Å². The van der Waals surface area contributed by atoms with Crippen molar-refractivity contribution >= 4 is 23.5 Å². The van der Waals surface area contributed by atoms with Gasteiger partial charge in [0.1, 0.15) is 0 Å². The number of carboxylic acid groups (broad SMARTS) is 1. The van der Waals surface area contributed by atoms with E-state index in [9.17, 15) is 18.4 Å². The summed E-state index contributed by atoms with van der Waals surface area (Å²) >= 11 is 5.70. The average Bonchev–Trinajstić information content (AvgIpc) is 2.82. The first-order valence-electron chi connectivity index (χ1n) is 6.06. The van der Waals surface area contributed by atoms with E-state index in [4.69, 9.17) is 16.7 Å². The molecule has 0 spiro atoms. The lowest BCUT2D eigenvalue weighted by molar-refractivity contribution is -0.141. The molecule has 0 saturated heterocycles. The molecule has 1 fully saturated rings. The van der Waals surface area contributed by atoms with E-state index in [0.29, 0.717) is 19.3 Å². The van der Waals surface area contributed by atoms with Crippen molar-refractivity contribution in [3.63, 3.8) is 0 Å². The van der Waals surface area contributed by atoms with E-state index in [-0.39, 0.29) is 16.6 Å². The predicted octanol–water partition coefficient (Wildman–Crippen LogP) is 2.60. The van der Waals surface area contributed by atoms with Gasteiger partial charge in [-0.2, -0.15) is 0 Å². The molecule has 0 aromatic heterocycles. The predicted molar refractivity (Wildman–Crippen MR) is 67.6 cm³/mol. The summed E-state index contributed by atoms with van der Waals surface area (Å²) in [5.74, 6) is -4.30. The first-order chi connectivity index (χ1) is 9.38. The molecule has 1 aromatic rings. The molecule has 0 aliphatic heterocycles. The van der Waals surface area contributed by atoms with Crippen LogP contribution in [0.4, 0.5) is 8.78 Å². The Kier molecular flexibility index (Phi) is 4.23. The van der Waals surface area contributed by atoms with Crippen LogP contribution < -0.4 is 5.32 Å². The number of benzene rings is 1. The molecule has 2 N–H and O–H groups in total. The Bertz CT molecular complexity index is 565. The number of carbonyl (C=O) groups excluding carboxylic acids is 1. The molecule has 1 saturated carbocycles. The van der Waals surface area contributed by atoms with Crippen LogP contribution in [-0.2, 0) is 4.79 Å². The number of rotatable bonds is 3. The third kappa shape index (κ3) is 3.07. The van der Waals surface area contributed by atoms with Gasteiger partial charge in [-0.25, -0.2) is 8.78 Å². The third-order valence-electron chi connectivity index (χ3n) is 3.37. The zero-order valence-corrected chi connectivity index (χ0v) is 11.1. The third-order valence-corrected chi connectivity index (χ3v) is 3.68. The minimum absolute atomic E-state index is 0.163. The number of hydrogen-bond donors (Lipinski definition) is 2. The lowest BCUT2D eigenvalue weighted by atomic mass is 10.1. The molecule has 1 aromatic carbocycles. The van der Waals surface area contributed by atoms with Gasteiger partial charge in [0, 0.05) is 6.04 Å². The second-order valence-corrected chi connectivity index (χ2v) is 5.17. The molecule has 1 amide bonds. The van der Waals surface area contributed by atoms with Gasteiger partial charge in [-0.1, -0.05) is 11.6 Å². The molecule has 2 unspecified atom stereocenters. The number of carboxylic acids is 1. The summed E-state index contributed by atoms with van der Waals surface area (Å²) < 4.78 is 26.0. The van der Waals surface area contributed by atoms with Crippen LogP contribution in [0.5, 0.6) is 0 Å². The maximum atomic E-state index is 13.1. The Labute approximate surface area is 118 Å². The first kappa shape index (κ1) is 14.7. The maximum Gasteiger partial charge on any atom is 0.306 e. The fourth-order valence-electron chi connectivity index (χ4n) is 2.30. The Hall–Kier alpha value is -1.69. The minimum Gasteiger partial charge on any atom is -0.481 e. The van der Waals surface area contributed by atoms with Crippen LogP contribution in [0.1, 0.15) is 29.6 Å². The number of hydrogen-bond acceptors (Lipinski definition) is 2. The highest BCUT2D eigenvalue weighted by Gasteiger charge is 2.31. The van der Waals surface area contributed by atoms with Crippen LogP contribution in [-0.4, -0.2) is 23.0 Å². The standard InChI is InChI=1S/C13H12ClF2NO3/c14-9-5-11(16)10(15)4-8(9)12(18)17-7-2-1-6(3-7)13(19)20/h4-7H,1-3H2,(H,17,18)(H,19,20). The van der Waals surface area contributed by atoms with Crippen molar-refractivity contribution in [2.24, 2.45) is 5.92 Å². The summed E-state index contributed by atoms with van der Waals surface area (Å²) in [4.78, 5) is 22.7. The Morgan fingerprint density at radius 1 is 1.25 bits per heavy atom. The van der Waals surface area contributed by atoms with Crippen molar-refractivity contribution in [3.8, 4) is 0 Å². The molecule has 2 atom stereocenters. The van der Waals surface area contributed by atoms with Crippen LogP contribution in [0.2, 0.25) is 5.02 Å². The molecule has 1 aliphatic carbocycles. The fraction of sp³-hybridized carbons (Fsp3) is 0.385. The minimum atomic E-state index is -1.16. The summed E-state index contributed by atoms with van der Waals surface area (Å²) in [6, 6.07) is 1.17. The monoisotopic (exact) mass is 303 g/mol. The zero-order chi connectivity index (χ0) is 14.9. The van der Waals surface area contributed by atoms with Gasteiger partial charge >= 0.3 is 5.97 Å². The Morgan fingerprint density at radius 2 is 1.90 bits per heavy atom. The normalized spacial score (nSPS) is 21.8. The van der Waals surface area contributed by atoms with Gasteiger partial charge in [-0.05, 0) is 31.4 Å². The topological polar surface area (TPSA) is 66.4 Å². The highest BCUT2D eigenvalue weighted by Crippen LogP contribution is 2.27. The quantitative estimate of drug-likeness (QED) is 0.844. The van der Waals surface area contributed by atoms with Crippen molar-refractivity contribution in [3.05, 3.63) is 34.4 Å². The molecular formula is C13H12ClF2NO3. The number of nitrogens with one attached hydrogen (secondary N) is 1. The maximum absolute atomic E-state index is 13.1. The van der Waals surface area contributed by atoms with E-state index in [0.717, 1.165) is 12.1 Å². The Balaban J connectivity index is 2.06. The number of amides is 1. The van der Waals surface area contributed by atoms with Gasteiger partial charge in [0.15, 0.2) is 11.6 Å². The van der Waals surface area contributed by atoms with E-state index >= 15 is 0 Å². The van der Waals surface area contributed by atoms with E-state index in [1.165, 1.54) is 0 Å². The second kappa shape index (κ2) is 5.75. The molecule has 2 rings (SSSR count). The largest absolute Gasteiger partial charge is 0.481 e. The summed E-state index contributed by atoms with van der Waals surface area (Å²) in [6.45, 7) is 0. The van der Waals surface area contributed by atoms with E-state index < -0.39 is 29.4 Å². The molecule has 108 valence electrons. The average molecular weight is 304 g/mol. The molecule has 7 heteroatoms. The lowest BCUT2D eigenvalue weighted by Gasteiger charge is -2.13. The number of carbonyl (C=O) groups is 2. The van der Waals surface area contributed by atoms with Gasteiger partial charge in [0.25, 0.3) is 5.91 Å².